The zero-order valence-corrected chi connectivity index (χ0v) is 10.9. The molecule has 0 spiro atoms. The molecular weight excluding hydrogens is 264 g/mol. The summed E-state index contributed by atoms with van der Waals surface area (Å²) in [4.78, 5) is 32.9. The standard InChI is InChI=1S/C13H16N2O5/c1-7(16)6-10(17)15-9-4-2-8(3-5-9)11(18)12(19)13(14)20/h2-5,11-12,18-19H,6H2,1H3,(H2,14,20)(H,15,17). The molecule has 108 valence electrons. The number of Topliss-reactive ketones (excluding diaryl/α,β-unsaturated/α-hetero) is 1. The van der Waals surface area contributed by atoms with Crippen molar-refractivity contribution >= 4 is 23.3 Å². The molecule has 2 atom stereocenters. The average Bonchev–Trinajstić information content (AvgIpc) is 2.36. The van der Waals surface area contributed by atoms with E-state index in [1.807, 2.05) is 0 Å². The number of nitrogens with two attached hydrogens (primary N) is 1. The van der Waals surface area contributed by atoms with Crippen LogP contribution in [0.3, 0.4) is 0 Å². The second kappa shape index (κ2) is 6.78. The lowest BCUT2D eigenvalue weighted by Crippen LogP contribution is -2.33. The van der Waals surface area contributed by atoms with Crippen molar-refractivity contribution in [1.82, 2.24) is 0 Å². The van der Waals surface area contributed by atoms with Crippen molar-refractivity contribution < 1.29 is 24.6 Å². The molecule has 1 aromatic carbocycles. The maximum absolute atomic E-state index is 11.4. The Morgan fingerprint density at radius 2 is 1.75 bits per heavy atom. The van der Waals surface area contributed by atoms with Gasteiger partial charge in [-0.2, -0.15) is 0 Å². The molecule has 0 aliphatic rings. The summed E-state index contributed by atoms with van der Waals surface area (Å²) in [5, 5.41) is 21.5. The average molecular weight is 280 g/mol. The van der Waals surface area contributed by atoms with Crippen molar-refractivity contribution in [3.63, 3.8) is 0 Å². The summed E-state index contributed by atoms with van der Waals surface area (Å²) in [6.07, 6.45) is -3.35. The lowest BCUT2D eigenvalue weighted by atomic mass is 10.0. The molecule has 5 N–H and O–H groups in total. The number of carbonyl (C=O) groups excluding carboxylic acids is 3. The van der Waals surface area contributed by atoms with Gasteiger partial charge in [0.2, 0.25) is 11.8 Å². The maximum Gasteiger partial charge on any atom is 0.249 e. The third-order valence-electron chi connectivity index (χ3n) is 2.54. The lowest BCUT2D eigenvalue weighted by Gasteiger charge is -2.15. The Labute approximate surface area is 115 Å². The molecule has 7 nitrogen and oxygen atoms in total. The molecule has 1 aromatic rings. The van der Waals surface area contributed by atoms with Gasteiger partial charge in [0, 0.05) is 5.69 Å². The van der Waals surface area contributed by atoms with Crippen LogP contribution in [0.25, 0.3) is 0 Å². The van der Waals surface area contributed by atoms with E-state index in [1.54, 1.807) is 0 Å². The lowest BCUT2D eigenvalue weighted by molar-refractivity contribution is -0.132. The van der Waals surface area contributed by atoms with Crippen LogP contribution in [0, 0.1) is 0 Å². The quantitative estimate of drug-likeness (QED) is 0.521. The molecule has 20 heavy (non-hydrogen) atoms. The van der Waals surface area contributed by atoms with Gasteiger partial charge in [0.05, 0.1) is 6.42 Å². The SMILES string of the molecule is CC(=O)CC(=O)Nc1ccc(C(O)C(O)C(N)=O)cc1. The molecule has 7 heteroatoms. The van der Waals surface area contributed by atoms with Crippen molar-refractivity contribution in [2.45, 2.75) is 25.6 Å². The molecule has 2 amide bonds. The fraction of sp³-hybridized carbons (Fsp3) is 0.308. The Morgan fingerprint density at radius 3 is 2.20 bits per heavy atom. The molecule has 0 radical (unpaired) electrons. The van der Waals surface area contributed by atoms with E-state index in [1.165, 1.54) is 31.2 Å². The number of aliphatic hydroxyl groups excluding tert-OH is 2. The van der Waals surface area contributed by atoms with E-state index in [4.69, 9.17) is 5.73 Å². The van der Waals surface area contributed by atoms with Gasteiger partial charge in [0.25, 0.3) is 0 Å². The number of hydrogen-bond acceptors (Lipinski definition) is 5. The van der Waals surface area contributed by atoms with Crippen molar-refractivity contribution in [2.75, 3.05) is 5.32 Å². The molecule has 0 saturated carbocycles. The Kier molecular flexibility index (Phi) is 5.36. The third-order valence-corrected chi connectivity index (χ3v) is 2.54. The number of hydrogen-bond donors (Lipinski definition) is 4. The highest BCUT2D eigenvalue weighted by molar-refractivity contribution is 6.03. The monoisotopic (exact) mass is 280 g/mol. The van der Waals surface area contributed by atoms with Gasteiger partial charge < -0.3 is 21.3 Å². The number of carbonyl (C=O) groups is 3. The number of aliphatic hydroxyl groups is 2. The van der Waals surface area contributed by atoms with Gasteiger partial charge in [-0.15, -0.1) is 0 Å². The third kappa shape index (κ3) is 4.45. The zero-order chi connectivity index (χ0) is 15.3. The highest BCUT2D eigenvalue weighted by Gasteiger charge is 2.23. The molecule has 0 heterocycles. The summed E-state index contributed by atoms with van der Waals surface area (Å²) in [6.45, 7) is 1.31. The highest BCUT2D eigenvalue weighted by Crippen LogP contribution is 2.19. The van der Waals surface area contributed by atoms with Gasteiger partial charge in [0.15, 0.2) is 6.10 Å². The zero-order valence-electron chi connectivity index (χ0n) is 10.9. The fourth-order valence-corrected chi connectivity index (χ4v) is 1.53. The molecule has 0 saturated heterocycles. The van der Waals surface area contributed by atoms with Crippen LogP contribution in [0.5, 0.6) is 0 Å². The fourth-order valence-electron chi connectivity index (χ4n) is 1.53. The number of nitrogens with one attached hydrogen (secondary N) is 1. The van der Waals surface area contributed by atoms with E-state index in [0.29, 0.717) is 5.69 Å². The minimum absolute atomic E-state index is 0.217. The van der Waals surface area contributed by atoms with Crippen LogP contribution in [0.15, 0.2) is 24.3 Å². The number of rotatable bonds is 6. The Hall–Kier alpha value is -2.25. The van der Waals surface area contributed by atoms with Crippen molar-refractivity contribution in [3.05, 3.63) is 29.8 Å². The smallest absolute Gasteiger partial charge is 0.249 e. The van der Waals surface area contributed by atoms with Gasteiger partial charge in [-0.25, -0.2) is 0 Å². The second-order valence-corrected chi connectivity index (χ2v) is 4.34. The number of ketones is 1. The number of amides is 2. The van der Waals surface area contributed by atoms with E-state index in [-0.39, 0.29) is 17.8 Å². The van der Waals surface area contributed by atoms with Gasteiger partial charge in [-0.05, 0) is 24.6 Å². The summed E-state index contributed by atoms with van der Waals surface area (Å²) in [6, 6.07) is 5.81. The first-order valence-corrected chi connectivity index (χ1v) is 5.86. The minimum atomic E-state index is -1.70. The number of anilines is 1. The molecule has 0 bridgehead atoms. The Balaban J connectivity index is 2.71. The predicted molar refractivity (Wildman–Crippen MR) is 70.5 cm³/mol. The maximum atomic E-state index is 11.4. The molecule has 1 rings (SSSR count). The largest absolute Gasteiger partial charge is 0.385 e. The van der Waals surface area contributed by atoms with E-state index in [9.17, 15) is 24.6 Å². The molecular formula is C13H16N2O5. The van der Waals surface area contributed by atoms with Crippen LogP contribution in [-0.2, 0) is 14.4 Å². The number of primary amides is 1. The summed E-state index contributed by atoms with van der Waals surface area (Å²) in [5.74, 6) is -1.72. The highest BCUT2D eigenvalue weighted by atomic mass is 16.3. The van der Waals surface area contributed by atoms with Gasteiger partial charge >= 0.3 is 0 Å². The second-order valence-electron chi connectivity index (χ2n) is 4.34. The molecule has 0 aliphatic heterocycles. The van der Waals surface area contributed by atoms with Gasteiger partial charge in [0.1, 0.15) is 11.9 Å². The van der Waals surface area contributed by atoms with Gasteiger partial charge in [-0.1, -0.05) is 12.1 Å². The summed E-state index contributed by atoms with van der Waals surface area (Å²) in [5.41, 5.74) is 5.59. The molecule has 0 fully saturated rings. The van der Waals surface area contributed by atoms with Crippen LogP contribution in [0.4, 0.5) is 5.69 Å². The van der Waals surface area contributed by atoms with Crippen LogP contribution >= 0.6 is 0 Å². The van der Waals surface area contributed by atoms with Gasteiger partial charge in [-0.3, -0.25) is 14.4 Å². The van der Waals surface area contributed by atoms with Crippen LogP contribution < -0.4 is 11.1 Å². The Morgan fingerprint density at radius 1 is 1.20 bits per heavy atom. The minimum Gasteiger partial charge on any atom is -0.385 e. The molecule has 2 unspecified atom stereocenters. The van der Waals surface area contributed by atoms with Crippen molar-refractivity contribution in [2.24, 2.45) is 5.73 Å². The topological polar surface area (TPSA) is 130 Å². The summed E-state index contributed by atoms with van der Waals surface area (Å²) < 4.78 is 0. The van der Waals surface area contributed by atoms with Crippen LogP contribution in [0.1, 0.15) is 25.0 Å². The predicted octanol–water partition coefficient (Wildman–Crippen LogP) is -0.516. The molecule has 0 aromatic heterocycles. The van der Waals surface area contributed by atoms with E-state index in [2.05, 4.69) is 5.32 Å². The summed E-state index contributed by atoms with van der Waals surface area (Å²) >= 11 is 0. The van der Waals surface area contributed by atoms with Crippen LogP contribution in [-0.4, -0.2) is 33.9 Å². The van der Waals surface area contributed by atoms with Crippen LogP contribution in [0.2, 0.25) is 0 Å². The first kappa shape index (κ1) is 15.8. The molecule has 0 aliphatic carbocycles. The normalized spacial score (nSPS) is 13.3. The first-order valence-electron chi connectivity index (χ1n) is 5.86. The first-order chi connectivity index (χ1) is 9.31. The van der Waals surface area contributed by atoms with E-state index >= 15 is 0 Å². The summed E-state index contributed by atoms with van der Waals surface area (Å²) in [7, 11) is 0. The number of benzene rings is 1. The van der Waals surface area contributed by atoms with Crippen molar-refractivity contribution in [1.29, 1.82) is 0 Å². The van der Waals surface area contributed by atoms with E-state index < -0.39 is 24.0 Å². The van der Waals surface area contributed by atoms with Crippen molar-refractivity contribution in [3.8, 4) is 0 Å². The van der Waals surface area contributed by atoms with E-state index in [0.717, 1.165) is 0 Å². The Bertz CT molecular complexity index is 512.